The summed E-state index contributed by atoms with van der Waals surface area (Å²) in [6.07, 6.45) is 97.5. The van der Waals surface area contributed by atoms with Crippen molar-refractivity contribution in [3.05, 3.63) is 134 Å². The summed E-state index contributed by atoms with van der Waals surface area (Å²) < 4.78 is 16.9. The van der Waals surface area contributed by atoms with Gasteiger partial charge < -0.3 is 14.2 Å². The van der Waals surface area contributed by atoms with E-state index in [1.807, 2.05) is 0 Å². The molecule has 0 fully saturated rings. The quantitative estimate of drug-likeness (QED) is 0.0261. The molecule has 466 valence electrons. The summed E-state index contributed by atoms with van der Waals surface area (Å²) in [6.45, 7) is 6.50. The Morgan fingerprint density at radius 1 is 0.256 bits per heavy atom. The third-order valence-electron chi connectivity index (χ3n) is 14.4. The highest BCUT2D eigenvalue weighted by molar-refractivity contribution is 5.71. The summed E-state index contributed by atoms with van der Waals surface area (Å²) in [5, 5.41) is 0. The Morgan fingerprint density at radius 3 is 0.780 bits per heavy atom. The molecule has 0 amide bonds. The standard InChI is InChI=1S/C76H126O6/c1-4-7-10-13-16-19-22-25-28-30-31-32-33-34-35-36-37-38-39-40-41-42-43-44-45-46-49-51-54-57-60-63-66-69-75(78)81-72-73(71-80-74(77)68-65-62-59-56-53-50-47-27-24-21-18-15-12-9-6-3)82-76(79)70-67-64-61-58-55-52-48-29-26-23-20-17-14-11-8-5-2/h7,10,16,19,25,28-29,31-32,34-35,37-38,40-41,43-44,46,48-49,54,57,73H,4-6,8-9,11-15,17-18,20-24,26-27,30,33,36,39,42,45,47,50-53,55-56,58-72H2,1-3H3/b10-7-,19-16-,28-25-,32-31-,35-34-,38-37-,41-40-,44-43-,48-29-,49-46-,57-54-. The maximum atomic E-state index is 12.9. The average Bonchev–Trinajstić information content (AvgIpc) is 3.47. The van der Waals surface area contributed by atoms with Crippen molar-refractivity contribution in [2.45, 2.75) is 316 Å². The Bertz CT molecular complexity index is 1730. The zero-order valence-electron chi connectivity index (χ0n) is 53.5. The van der Waals surface area contributed by atoms with Crippen molar-refractivity contribution in [1.82, 2.24) is 0 Å². The van der Waals surface area contributed by atoms with Crippen molar-refractivity contribution in [3.8, 4) is 0 Å². The van der Waals surface area contributed by atoms with Gasteiger partial charge in [0.15, 0.2) is 6.10 Å². The van der Waals surface area contributed by atoms with Crippen LogP contribution in [0.1, 0.15) is 310 Å². The zero-order valence-corrected chi connectivity index (χ0v) is 53.5. The number of carbonyl (C=O) groups is 3. The second kappa shape index (κ2) is 69.0. The van der Waals surface area contributed by atoms with Crippen LogP contribution in [-0.2, 0) is 28.6 Å². The van der Waals surface area contributed by atoms with Gasteiger partial charge in [-0.05, 0) is 122 Å². The zero-order chi connectivity index (χ0) is 59.2. The van der Waals surface area contributed by atoms with Crippen molar-refractivity contribution in [2.75, 3.05) is 13.2 Å². The van der Waals surface area contributed by atoms with Gasteiger partial charge in [0.25, 0.3) is 0 Å². The van der Waals surface area contributed by atoms with E-state index in [1.165, 1.54) is 135 Å². The third kappa shape index (κ3) is 66.4. The van der Waals surface area contributed by atoms with Crippen LogP contribution in [0.5, 0.6) is 0 Å². The molecule has 0 N–H and O–H groups in total. The number of unbranched alkanes of at least 4 members (excludes halogenated alkanes) is 28. The Hall–Kier alpha value is -4.45. The lowest BCUT2D eigenvalue weighted by molar-refractivity contribution is -0.167. The van der Waals surface area contributed by atoms with Gasteiger partial charge in [0.2, 0.25) is 0 Å². The van der Waals surface area contributed by atoms with Crippen LogP contribution in [-0.4, -0.2) is 37.2 Å². The maximum absolute atomic E-state index is 12.9. The monoisotopic (exact) mass is 1130 g/mol. The highest BCUT2D eigenvalue weighted by Gasteiger charge is 2.19. The van der Waals surface area contributed by atoms with Gasteiger partial charge >= 0.3 is 17.9 Å². The molecular weight excluding hydrogens is 1010 g/mol. The maximum Gasteiger partial charge on any atom is 0.306 e. The molecular formula is C76H126O6. The van der Waals surface area contributed by atoms with Gasteiger partial charge in [-0.25, -0.2) is 0 Å². The number of hydrogen-bond acceptors (Lipinski definition) is 6. The van der Waals surface area contributed by atoms with E-state index in [2.05, 4.69) is 154 Å². The smallest absolute Gasteiger partial charge is 0.306 e. The molecule has 0 aromatic rings. The number of ether oxygens (including phenoxy) is 3. The lowest BCUT2D eigenvalue weighted by atomic mass is 10.0. The van der Waals surface area contributed by atoms with Crippen LogP contribution in [0, 0.1) is 0 Å². The number of allylic oxidation sites excluding steroid dienone is 22. The molecule has 0 spiro atoms. The first-order chi connectivity index (χ1) is 40.5. The van der Waals surface area contributed by atoms with E-state index >= 15 is 0 Å². The van der Waals surface area contributed by atoms with Crippen LogP contribution in [0.4, 0.5) is 0 Å². The number of carbonyl (C=O) groups excluding carboxylic acids is 3. The summed E-state index contributed by atoms with van der Waals surface area (Å²) in [7, 11) is 0. The first kappa shape index (κ1) is 77.5. The molecule has 0 bridgehead atoms. The lowest BCUT2D eigenvalue weighted by Gasteiger charge is -2.18. The second-order valence-electron chi connectivity index (χ2n) is 22.4. The molecule has 0 rings (SSSR count). The molecule has 0 aliphatic heterocycles. The minimum absolute atomic E-state index is 0.0950. The van der Waals surface area contributed by atoms with Crippen LogP contribution in [0.15, 0.2) is 134 Å². The van der Waals surface area contributed by atoms with Crippen molar-refractivity contribution in [3.63, 3.8) is 0 Å². The summed E-state index contributed by atoms with van der Waals surface area (Å²) in [5.41, 5.74) is 0. The van der Waals surface area contributed by atoms with Crippen molar-refractivity contribution in [1.29, 1.82) is 0 Å². The summed E-state index contributed by atoms with van der Waals surface area (Å²) in [4.78, 5) is 38.3. The van der Waals surface area contributed by atoms with Crippen LogP contribution in [0.2, 0.25) is 0 Å². The van der Waals surface area contributed by atoms with E-state index in [0.717, 1.165) is 128 Å². The number of hydrogen-bond donors (Lipinski definition) is 0. The predicted octanol–water partition coefficient (Wildman–Crippen LogP) is 23.7. The van der Waals surface area contributed by atoms with Crippen LogP contribution in [0.25, 0.3) is 0 Å². The van der Waals surface area contributed by atoms with E-state index in [9.17, 15) is 14.4 Å². The molecule has 0 heterocycles. The highest BCUT2D eigenvalue weighted by atomic mass is 16.6. The fraction of sp³-hybridized carbons (Fsp3) is 0.671. The molecule has 0 radical (unpaired) electrons. The highest BCUT2D eigenvalue weighted by Crippen LogP contribution is 2.16. The van der Waals surface area contributed by atoms with E-state index in [1.54, 1.807) is 0 Å². The first-order valence-corrected chi connectivity index (χ1v) is 34.2. The molecule has 0 aliphatic carbocycles. The van der Waals surface area contributed by atoms with E-state index in [4.69, 9.17) is 14.2 Å². The van der Waals surface area contributed by atoms with Crippen LogP contribution < -0.4 is 0 Å². The Kier molecular flexibility index (Phi) is 65.3. The SMILES string of the molecule is CC/C=C\C/C=C\C/C=C\C/C=C\C/C=C\C/C=C\C/C=C\C/C=C\C/C=C\C/C=C\CCCCC(=O)OCC(COC(=O)CCCCCCCCCCCCCCCCC)OC(=O)CCCCCCC/C=C\CCCCCCCCC. The van der Waals surface area contributed by atoms with Gasteiger partial charge in [-0.3, -0.25) is 14.4 Å². The number of esters is 3. The van der Waals surface area contributed by atoms with E-state index < -0.39 is 6.10 Å². The molecule has 0 aromatic heterocycles. The van der Waals surface area contributed by atoms with Gasteiger partial charge in [0, 0.05) is 19.3 Å². The molecule has 1 atom stereocenters. The largest absolute Gasteiger partial charge is 0.462 e. The molecule has 82 heavy (non-hydrogen) atoms. The molecule has 0 saturated carbocycles. The second-order valence-corrected chi connectivity index (χ2v) is 22.4. The fourth-order valence-corrected chi connectivity index (χ4v) is 9.29. The third-order valence-corrected chi connectivity index (χ3v) is 14.4. The van der Waals surface area contributed by atoms with Crippen molar-refractivity contribution < 1.29 is 28.6 Å². The van der Waals surface area contributed by atoms with Gasteiger partial charge in [0.1, 0.15) is 13.2 Å². The molecule has 0 aliphatic rings. The van der Waals surface area contributed by atoms with Crippen molar-refractivity contribution in [2.24, 2.45) is 0 Å². The minimum atomic E-state index is -0.803. The van der Waals surface area contributed by atoms with E-state index in [0.29, 0.717) is 25.7 Å². The summed E-state index contributed by atoms with van der Waals surface area (Å²) in [6, 6.07) is 0. The Balaban J connectivity index is 4.40. The average molecular weight is 1140 g/mol. The predicted molar refractivity (Wildman–Crippen MR) is 357 cm³/mol. The molecule has 0 saturated heterocycles. The molecule has 0 aromatic carbocycles. The first-order valence-electron chi connectivity index (χ1n) is 34.2. The lowest BCUT2D eigenvalue weighted by Crippen LogP contribution is -2.30. The van der Waals surface area contributed by atoms with Gasteiger partial charge in [-0.1, -0.05) is 302 Å². The van der Waals surface area contributed by atoms with Crippen molar-refractivity contribution >= 4 is 17.9 Å². The Labute approximate surface area is 506 Å². The fourth-order valence-electron chi connectivity index (χ4n) is 9.29. The summed E-state index contributed by atoms with van der Waals surface area (Å²) in [5.74, 6) is -0.942. The topological polar surface area (TPSA) is 78.9 Å². The van der Waals surface area contributed by atoms with Gasteiger partial charge in [0.05, 0.1) is 0 Å². The van der Waals surface area contributed by atoms with Gasteiger partial charge in [-0.15, -0.1) is 0 Å². The molecule has 6 heteroatoms. The van der Waals surface area contributed by atoms with E-state index in [-0.39, 0.29) is 31.1 Å². The molecule has 1 unspecified atom stereocenters. The molecule has 6 nitrogen and oxygen atoms in total. The van der Waals surface area contributed by atoms with Gasteiger partial charge in [-0.2, -0.15) is 0 Å². The number of rotatable bonds is 61. The minimum Gasteiger partial charge on any atom is -0.462 e. The normalized spacial score (nSPS) is 13.0. The summed E-state index contributed by atoms with van der Waals surface area (Å²) >= 11 is 0. The van der Waals surface area contributed by atoms with Crippen LogP contribution >= 0.6 is 0 Å². The van der Waals surface area contributed by atoms with Crippen LogP contribution in [0.3, 0.4) is 0 Å². The Morgan fingerprint density at radius 2 is 0.476 bits per heavy atom.